The van der Waals surface area contributed by atoms with Crippen molar-refractivity contribution in [3.63, 3.8) is 0 Å². The second-order valence-corrected chi connectivity index (χ2v) is 3.73. The molecule has 1 aliphatic rings. The van der Waals surface area contributed by atoms with Gasteiger partial charge in [0.1, 0.15) is 0 Å². The van der Waals surface area contributed by atoms with Crippen LogP contribution in [0.15, 0.2) is 30.3 Å². The second kappa shape index (κ2) is 5.77. The van der Waals surface area contributed by atoms with Crippen LogP contribution in [0.4, 0.5) is 0 Å². The molecule has 0 saturated carbocycles. The monoisotopic (exact) mass is 238 g/mol. The Hall–Kier alpha value is -1.43. The van der Waals surface area contributed by atoms with E-state index in [-0.39, 0.29) is 13.2 Å². The summed E-state index contributed by atoms with van der Waals surface area (Å²) in [6.45, 7) is 0.773. The summed E-state index contributed by atoms with van der Waals surface area (Å²) < 4.78 is 15.6. The minimum Gasteiger partial charge on any atom is -0.479 e. The molecule has 1 fully saturated rings. The van der Waals surface area contributed by atoms with Crippen LogP contribution in [0.5, 0.6) is 0 Å². The SMILES string of the molecule is O=C(O)[C@H]1CO[C@@H](COCc2ccccc2)O1. The van der Waals surface area contributed by atoms with Crippen molar-refractivity contribution < 1.29 is 24.1 Å². The van der Waals surface area contributed by atoms with Gasteiger partial charge in [-0.3, -0.25) is 0 Å². The summed E-state index contributed by atoms with van der Waals surface area (Å²) in [5.41, 5.74) is 1.06. The maximum Gasteiger partial charge on any atom is 0.335 e. The Balaban J connectivity index is 1.68. The standard InChI is InChI=1S/C12H14O5/c13-12(14)10-7-16-11(17-10)8-15-6-9-4-2-1-3-5-9/h1-5,10-11H,6-8H2,(H,13,14)/t10-,11-/m1/s1. The Morgan fingerprint density at radius 2 is 2.18 bits per heavy atom. The van der Waals surface area contributed by atoms with Crippen LogP contribution in [0.25, 0.3) is 0 Å². The molecule has 1 N–H and O–H groups in total. The third-order valence-corrected chi connectivity index (χ3v) is 2.39. The van der Waals surface area contributed by atoms with Crippen molar-refractivity contribution in [2.24, 2.45) is 0 Å². The lowest BCUT2D eigenvalue weighted by atomic mass is 10.2. The lowest BCUT2D eigenvalue weighted by molar-refractivity contribution is -0.154. The molecule has 17 heavy (non-hydrogen) atoms. The van der Waals surface area contributed by atoms with Crippen LogP contribution in [-0.4, -0.2) is 36.7 Å². The van der Waals surface area contributed by atoms with Crippen LogP contribution in [0.2, 0.25) is 0 Å². The first kappa shape index (κ1) is 12.0. The molecule has 0 bridgehead atoms. The fourth-order valence-electron chi connectivity index (χ4n) is 1.52. The van der Waals surface area contributed by atoms with E-state index >= 15 is 0 Å². The Kier molecular flexibility index (Phi) is 4.08. The van der Waals surface area contributed by atoms with Crippen LogP contribution < -0.4 is 0 Å². The zero-order valence-electron chi connectivity index (χ0n) is 9.24. The molecule has 0 spiro atoms. The lowest BCUT2D eigenvalue weighted by Crippen LogP contribution is -2.24. The van der Waals surface area contributed by atoms with Gasteiger partial charge in [-0.1, -0.05) is 30.3 Å². The number of hydrogen-bond donors (Lipinski definition) is 1. The number of hydrogen-bond acceptors (Lipinski definition) is 4. The van der Waals surface area contributed by atoms with Crippen LogP contribution in [-0.2, 0) is 25.6 Å². The predicted octanol–water partition coefficient (Wildman–Crippen LogP) is 1.03. The van der Waals surface area contributed by atoms with Gasteiger partial charge in [-0.2, -0.15) is 0 Å². The molecule has 0 unspecified atom stereocenters. The van der Waals surface area contributed by atoms with Gasteiger partial charge in [0.25, 0.3) is 0 Å². The smallest absolute Gasteiger partial charge is 0.335 e. The Labute approximate surface area is 98.9 Å². The van der Waals surface area contributed by atoms with E-state index in [1.54, 1.807) is 0 Å². The zero-order chi connectivity index (χ0) is 12.1. The highest BCUT2D eigenvalue weighted by Gasteiger charge is 2.31. The molecule has 2 atom stereocenters. The molecular formula is C12H14O5. The fourth-order valence-corrected chi connectivity index (χ4v) is 1.52. The average Bonchev–Trinajstić information content (AvgIpc) is 2.79. The molecule has 5 heteroatoms. The van der Waals surface area contributed by atoms with Gasteiger partial charge in [0.05, 0.1) is 19.8 Å². The zero-order valence-corrected chi connectivity index (χ0v) is 9.24. The number of carboxylic acids is 1. The minimum atomic E-state index is -1.00. The maximum atomic E-state index is 10.6. The van der Waals surface area contributed by atoms with Gasteiger partial charge in [0.2, 0.25) is 0 Å². The molecule has 1 heterocycles. The van der Waals surface area contributed by atoms with Gasteiger partial charge in [-0.05, 0) is 5.56 Å². The van der Waals surface area contributed by atoms with Crippen molar-refractivity contribution in [3.05, 3.63) is 35.9 Å². The molecule has 1 aromatic rings. The highest BCUT2D eigenvalue weighted by Crippen LogP contribution is 2.12. The van der Waals surface area contributed by atoms with Crippen LogP contribution >= 0.6 is 0 Å². The van der Waals surface area contributed by atoms with Crippen molar-refractivity contribution >= 4 is 5.97 Å². The highest BCUT2D eigenvalue weighted by molar-refractivity contribution is 5.72. The van der Waals surface area contributed by atoms with Crippen molar-refractivity contribution in [3.8, 4) is 0 Å². The van der Waals surface area contributed by atoms with E-state index in [1.165, 1.54) is 0 Å². The van der Waals surface area contributed by atoms with E-state index in [4.69, 9.17) is 19.3 Å². The first-order chi connectivity index (χ1) is 8.25. The normalized spacial score (nSPS) is 23.8. The topological polar surface area (TPSA) is 65.0 Å². The molecule has 0 amide bonds. The fraction of sp³-hybridized carbons (Fsp3) is 0.417. The largest absolute Gasteiger partial charge is 0.479 e. The van der Waals surface area contributed by atoms with Gasteiger partial charge in [0.15, 0.2) is 12.4 Å². The summed E-state index contributed by atoms with van der Waals surface area (Å²) in [5, 5.41) is 8.69. The highest BCUT2D eigenvalue weighted by atomic mass is 16.7. The van der Waals surface area contributed by atoms with Crippen molar-refractivity contribution in [2.75, 3.05) is 13.2 Å². The summed E-state index contributed by atoms with van der Waals surface area (Å²) in [6.07, 6.45) is -1.46. The summed E-state index contributed by atoms with van der Waals surface area (Å²) in [5.74, 6) is -1.00. The van der Waals surface area contributed by atoms with Crippen molar-refractivity contribution in [1.29, 1.82) is 0 Å². The number of carboxylic acid groups (broad SMARTS) is 1. The number of carbonyl (C=O) groups is 1. The summed E-state index contributed by atoms with van der Waals surface area (Å²) in [6, 6.07) is 9.71. The van der Waals surface area contributed by atoms with Crippen molar-refractivity contribution in [2.45, 2.75) is 19.0 Å². The minimum absolute atomic E-state index is 0.0781. The second-order valence-electron chi connectivity index (χ2n) is 3.73. The number of aliphatic carboxylic acids is 1. The Morgan fingerprint density at radius 1 is 1.41 bits per heavy atom. The van der Waals surface area contributed by atoms with E-state index in [9.17, 15) is 4.79 Å². The van der Waals surface area contributed by atoms with Gasteiger partial charge in [0, 0.05) is 0 Å². The van der Waals surface area contributed by atoms with Gasteiger partial charge >= 0.3 is 5.97 Å². The maximum absolute atomic E-state index is 10.6. The predicted molar refractivity (Wildman–Crippen MR) is 58.3 cm³/mol. The Bertz CT molecular complexity index is 364. The number of rotatable bonds is 5. The molecule has 2 rings (SSSR count). The number of benzene rings is 1. The molecule has 0 radical (unpaired) electrons. The molecule has 0 aliphatic carbocycles. The van der Waals surface area contributed by atoms with Crippen LogP contribution in [0.1, 0.15) is 5.56 Å². The summed E-state index contributed by atoms with van der Waals surface area (Å²) in [7, 11) is 0. The number of ether oxygens (including phenoxy) is 3. The van der Waals surface area contributed by atoms with Crippen molar-refractivity contribution in [1.82, 2.24) is 0 Å². The third-order valence-electron chi connectivity index (χ3n) is 2.39. The summed E-state index contributed by atoms with van der Waals surface area (Å²) >= 11 is 0. The lowest BCUT2D eigenvalue weighted by Gasteiger charge is -2.10. The van der Waals surface area contributed by atoms with E-state index in [0.717, 1.165) is 5.56 Å². The Morgan fingerprint density at radius 3 is 2.82 bits per heavy atom. The van der Waals surface area contributed by atoms with Gasteiger partial charge < -0.3 is 19.3 Å². The summed E-state index contributed by atoms with van der Waals surface area (Å²) in [4.78, 5) is 10.6. The van der Waals surface area contributed by atoms with Gasteiger partial charge in [-0.25, -0.2) is 4.79 Å². The quantitative estimate of drug-likeness (QED) is 0.830. The first-order valence-electron chi connectivity index (χ1n) is 5.37. The third kappa shape index (κ3) is 3.52. The molecule has 5 nitrogen and oxygen atoms in total. The average molecular weight is 238 g/mol. The molecule has 1 aromatic carbocycles. The van der Waals surface area contributed by atoms with Crippen LogP contribution in [0.3, 0.4) is 0 Å². The van der Waals surface area contributed by atoms with E-state index in [0.29, 0.717) is 6.61 Å². The molecule has 92 valence electrons. The van der Waals surface area contributed by atoms with E-state index in [1.807, 2.05) is 30.3 Å². The molecular weight excluding hydrogens is 224 g/mol. The molecule has 1 saturated heterocycles. The van der Waals surface area contributed by atoms with E-state index < -0.39 is 18.4 Å². The first-order valence-corrected chi connectivity index (χ1v) is 5.37. The molecule has 1 aliphatic heterocycles. The van der Waals surface area contributed by atoms with Gasteiger partial charge in [-0.15, -0.1) is 0 Å². The van der Waals surface area contributed by atoms with E-state index in [2.05, 4.69) is 0 Å². The molecule has 0 aromatic heterocycles. The van der Waals surface area contributed by atoms with Crippen LogP contribution in [0, 0.1) is 0 Å².